The lowest BCUT2D eigenvalue weighted by molar-refractivity contribution is -0.123. The van der Waals surface area contributed by atoms with E-state index in [1.807, 2.05) is 36.4 Å². The summed E-state index contributed by atoms with van der Waals surface area (Å²) in [5.74, 6) is 1.08. The van der Waals surface area contributed by atoms with Gasteiger partial charge in [-0.2, -0.15) is 0 Å². The van der Waals surface area contributed by atoms with Gasteiger partial charge in [-0.25, -0.2) is 0 Å². The van der Waals surface area contributed by atoms with Crippen molar-refractivity contribution >= 4 is 23.7 Å². The second-order valence-corrected chi connectivity index (χ2v) is 5.00. The molecule has 1 fully saturated rings. The van der Waals surface area contributed by atoms with Gasteiger partial charge in [-0.3, -0.25) is 4.79 Å². The van der Waals surface area contributed by atoms with Crippen LogP contribution >= 0.6 is 11.8 Å². The molecule has 17 heavy (non-hydrogen) atoms. The molecule has 1 aromatic carbocycles. The fourth-order valence-electron chi connectivity index (χ4n) is 1.67. The number of rotatable bonds is 2. The Balaban J connectivity index is 2.01. The lowest BCUT2D eigenvalue weighted by atomic mass is 10.2. The average Bonchev–Trinajstić information content (AvgIpc) is 2.38. The van der Waals surface area contributed by atoms with Gasteiger partial charge in [0.05, 0.1) is 5.03 Å². The van der Waals surface area contributed by atoms with E-state index in [2.05, 4.69) is 6.58 Å². The highest BCUT2D eigenvalue weighted by Gasteiger charge is 2.18. The summed E-state index contributed by atoms with van der Waals surface area (Å²) < 4.78 is 0. The lowest BCUT2D eigenvalue weighted by Crippen LogP contribution is -2.31. The van der Waals surface area contributed by atoms with Crippen molar-refractivity contribution < 1.29 is 4.79 Å². The number of benzene rings is 1. The third kappa shape index (κ3) is 3.24. The first-order chi connectivity index (χ1) is 8.27. The van der Waals surface area contributed by atoms with E-state index in [1.165, 1.54) is 0 Å². The molecule has 3 heteroatoms. The zero-order valence-electron chi connectivity index (χ0n) is 9.63. The van der Waals surface area contributed by atoms with Gasteiger partial charge in [-0.05, 0) is 18.1 Å². The molecular formula is C14H15NOS. The van der Waals surface area contributed by atoms with Crippen molar-refractivity contribution in [3.63, 3.8) is 0 Å². The third-order valence-electron chi connectivity index (χ3n) is 2.58. The fourth-order valence-corrected chi connectivity index (χ4v) is 2.52. The van der Waals surface area contributed by atoms with E-state index in [0.717, 1.165) is 29.3 Å². The van der Waals surface area contributed by atoms with Gasteiger partial charge in [-0.1, -0.05) is 36.9 Å². The highest BCUT2D eigenvalue weighted by molar-refractivity contribution is 8.03. The fraction of sp³-hybridized carbons (Fsp3) is 0.214. The SMILES string of the molecule is C=C1SCCCN1C(=O)/C=C/c1ccccc1. The van der Waals surface area contributed by atoms with Gasteiger partial charge in [0.1, 0.15) is 0 Å². The maximum absolute atomic E-state index is 11.9. The molecule has 2 rings (SSSR count). The van der Waals surface area contributed by atoms with Crippen LogP contribution < -0.4 is 0 Å². The summed E-state index contributed by atoms with van der Waals surface area (Å²) in [7, 11) is 0. The van der Waals surface area contributed by atoms with Crippen molar-refractivity contribution in [1.29, 1.82) is 0 Å². The highest BCUT2D eigenvalue weighted by Crippen LogP contribution is 2.25. The molecule has 0 aromatic heterocycles. The van der Waals surface area contributed by atoms with Crippen LogP contribution in [-0.4, -0.2) is 23.1 Å². The standard InChI is InChI=1S/C14H15NOS/c1-12-15(10-5-11-17-12)14(16)9-8-13-6-3-2-4-7-13/h2-4,6-9H,1,5,10-11H2/b9-8+. The molecule has 0 radical (unpaired) electrons. The molecule has 1 aliphatic rings. The Bertz CT molecular complexity index is 439. The zero-order chi connectivity index (χ0) is 12.1. The Morgan fingerprint density at radius 3 is 2.82 bits per heavy atom. The molecule has 0 aliphatic carbocycles. The van der Waals surface area contributed by atoms with Crippen molar-refractivity contribution in [2.75, 3.05) is 12.3 Å². The van der Waals surface area contributed by atoms with Crippen LogP contribution in [0.5, 0.6) is 0 Å². The Morgan fingerprint density at radius 1 is 1.35 bits per heavy atom. The van der Waals surface area contributed by atoms with Crippen LogP contribution in [0.2, 0.25) is 0 Å². The van der Waals surface area contributed by atoms with E-state index < -0.39 is 0 Å². The highest BCUT2D eigenvalue weighted by atomic mass is 32.2. The molecule has 1 saturated heterocycles. The molecule has 0 bridgehead atoms. The molecule has 1 aromatic rings. The van der Waals surface area contributed by atoms with Gasteiger partial charge < -0.3 is 4.90 Å². The van der Waals surface area contributed by atoms with Crippen LogP contribution in [0.1, 0.15) is 12.0 Å². The van der Waals surface area contributed by atoms with Crippen molar-refractivity contribution in [3.8, 4) is 0 Å². The van der Waals surface area contributed by atoms with E-state index in [9.17, 15) is 4.79 Å². The first-order valence-electron chi connectivity index (χ1n) is 5.64. The molecule has 1 heterocycles. The number of hydrogen-bond acceptors (Lipinski definition) is 2. The minimum absolute atomic E-state index is 0.0195. The molecule has 2 nitrogen and oxygen atoms in total. The molecule has 1 aliphatic heterocycles. The number of carbonyl (C=O) groups is 1. The monoisotopic (exact) mass is 245 g/mol. The van der Waals surface area contributed by atoms with Gasteiger partial charge in [0.25, 0.3) is 5.91 Å². The largest absolute Gasteiger partial charge is 0.304 e. The van der Waals surface area contributed by atoms with Crippen LogP contribution in [0.3, 0.4) is 0 Å². The minimum atomic E-state index is 0.0195. The molecule has 88 valence electrons. The van der Waals surface area contributed by atoms with E-state index in [4.69, 9.17) is 0 Å². The number of thioether (sulfide) groups is 1. The van der Waals surface area contributed by atoms with Crippen LogP contribution in [0, 0.1) is 0 Å². The lowest BCUT2D eigenvalue weighted by Gasteiger charge is -2.27. The first-order valence-corrected chi connectivity index (χ1v) is 6.62. The smallest absolute Gasteiger partial charge is 0.251 e. The quantitative estimate of drug-likeness (QED) is 0.746. The Labute approximate surface area is 106 Å². The molecule has 0 spiro atoms. The van der Waals surface area contributed by atoms with Crippen LogP contribution in [0.15, 0.2) is 48.0 Å². The van der Waals surface area contributed by atoms with Crippen molar-refractivity contribution in [1.82, 2.24) is 4.90 Å². The number of hydrogen-bond donors (Lipinski definition) is 0. The van der Waals surface area contributed by atoms with Crippen LogP contribution in [0.25, 0.3) is 6.08 Å². The Kier molecular flexibility index (Phi) is 4.04. The third-order valence-corrected chi connectivity index (χ3v) is 3.63. The summed E-state index contributed by atoms with van der Waals surface area (Å²) >= 11 is 1.65. The summed E-state index contributed by atoms with van der Waals surface area (Å²) in [5, 5.41) is 0.860. The topological polar surface area (TPSA) is 20.3 Å². The summed E-state index contributed by atoms with van der Waals surface area (Å²) in [5.41, 5.74) is 1.04. The zero-order valence-corrected chi connectivity index (χ0v) is 10.5. The molecule has 0 N–H and O–H groups in total. The van der Waals surface area contributed by atoms with Gasteiger partial charge in [0.15, 0.2) is 0 Å². The van der Waals surface area contributed by atoms with E-state index in [0.29, 0.717) is 0 Å². The van der Waals surface area contributed by atoms with Gasteiger partial charge in [0.2, 0.25) is 0 Å². The van der Waals surface area contributed by atoms with Crippen LogP contribution in [-0.2, 0) is 4.79 Å². The predicted octanol–water partition coefficient (Wildman–Crippen LogP) is 3.14. The molecule has 0 unspecified atom stereocenters. The predicted molar refractivity (Wildman–Crippen MR) is 73.4 cm³/mol. The van der Waals surface area contributed by atoms with E-state index in [1.54, 1.807) is 22.7 Å². The van der Waals surface area contributed by atoms with E-state index in [-0.39, 0.29) is 5.91 Å². The molecule has 0 saturated carbocycles. The summed E-state index contributed by atoms with van der Waals surface area (Å²) in [4.78, 5) is 13.7. The Morgan fingerprint density at radius 2 is 2.12 bits per heavy atom. The average molecular weight is 245 g/mol. The number of nitrogens with zero attached hydrogens (tertiary/aromatic N) is 1. The molecule has 1 amide bonds. The number of amides is 1. The Hall–Kier alpha value is -1.48. The maximum atomic E-state index is 11.9. The molecule has 0 atom stereocenters. The van der Waals surface area contributed by atoms with Crippen LogP contribution in [0.4, 0.5) is 0 Å². The van der Waals surface area contributed by atoms with E-state index >= 15 is 0 Å². The summed E-state index contributed by atoms with van der Waals surface area (Å²) in [6, 6.07) is 9.83. The summed E-state index contributed by atoms with van der Waals surface area (Å²) in [6.07, 6.45) is 4.50. The first kappa shape index (κ1) is 12.0. The maximum Gasteiger partial charge on any atom is 0.251 e. The summed E-state index contributed by atoms with van der Waals surface area (Å²) in [6.45, 7) is 4.69. The van der Waals surface area contributed by atoms with Gasteiger partial charge >= 0.3 is 0 Å². The molecular weight excluding hydrogens is 230 g/mol. The second kappa shape index (κ2) is 5.73. The normalized spacial score (nSPS) is 16.5. The van der Waals surface area contributed by atoms with Gasteiger partial charge in [0, 0.05) is 18.4 Å². The van der Waals surface area contributed by atoms with Crippen molar-refractivity contribution in [2.45, 2.75) is 6.42 Å². The van der Waals surface area contributed by atoms with Gasteiger partial charge in [-0.15, -0.1) is 11.8 Å². The minimum Gasteiger partial charge on any atom is -0.304 e. The number of carbonyl (C=O) groups excluding carboxylic acids is 1. The van der Waals surface area contributed by atoms with Crippen molar-refractivity contribution in [3.05, 3.63) is 53.6 Å². The second-order valence-electron chi connectivity index (χ2n) is 3.83. The van der Waals surface area contributed by atoms with Crippen molar-refractivity contribution in [2.24, 2.45) is 0 Å².